The van der Waals surface area contributed by atoms with Crippen molar-refractivity contribution < 1.29 is 4.52 Å². The summed E-state index contributed by atoms with van der Waals surface area (Å²) in [6.45, 7) is 2.89. The van der Waals surface area contributed by atoms with E-state index in [1.165, 1.54) is 5.56 Å². The molecular weight excluding hydrogens is 256 g/mol. The van der Waals surface area contributed by atoms with Crippen LogP contribution < -0.4 is 5.32 Å². The maximum absolute atomic E-state index is 5.35. The van der Waals surface area contributed by atoms with Crippen molar-refractivity contribution in [3.8, 4) is 0 Å². The molecule has 1 saturated heterocycles. The van der Waals surface area contributed by atoms with Crippen LogP contribution in [0.2, 0.25) is 0 Å². The normalized spacial score (nSPS) is 20.4. The van der Waals surface area contributed by atoms with Crippen molar-refractivity contribution >= 4 is 0 Å². The van der Waals surface area contributed by atoms with Gasteiger partial charge < -0.3 is 9.84 Å². The molecule has 108 valence electrons. The van der Waals surface area contributed by atoms with Crippen molar-refractivity contribution in [2.75, 3.05) is 26.7 Å². The Kier molecular flexibility index (Phi) is 3.79. The Hall–Kier alpha value is -1.73. The Morgan fingerprint density at radius 3 is 3.05 bits per heavy atom. The fourth-order valence-electron chi connectivity index (χ4n) is 2.45. The molecule has 0 amide bonds. The van der Waals surface area contributed by atoms with Gasteiger partial charge in [-0.15, -0.1) is 0 Å². The number of nitrogens with one attached hydrogen (secondary N) is 1. The van der Waals surface area contributed by atoms with Crippen molar-refractivity contribution in [2.45, 2.75) is 18.9 Å². The van der Waals surface area contributed by atoms with E-state index in [2.05, 4.69) is 32.5 Å². The first-order chi connectivity index (χ1) is 9.72. The lowest BCUT2D eigenvalue weighted by Crippen LogP contribution is -2.44. The van der Waals surface area contributed by atoms with Gasteiger partial charge in [-0.2, -0.15) is 10.1 Å². The predicted molar refractivity (Wildman–Crippen MR) is 73.2 cm³/mol. The Morgan fingerprint density at radius 1 is 1.40 bits per heavy atom. The molecule has 2 aromatic rings. The molecule has 20 heavy (non-hydrogen) atoms. The van der Waals surface area contributed by atoms with Crippen molar-refractivity contribution in [3.05, 3.63) is 29.7 Å². The monoisotopic (exact) mass is 276 g/mol. The summed E-state index contributed by atoms with van der Waals surface area (Å²) in [4.78, 5) is 6.78. The minimum absolute atomic E-state index is 0.208. The number of hydrogen-bond acceptors (Lipinski definition) is 6. The average Bonchev–Trinajstić information content (AvgIpc) is 3.06. The van der Waals surface area contributed by atoms with Gasteiger partial charge in [0.05, 0.1) is 12.2 Å². The molecule has 0 spiro atoms. The van der Waals surface area contributed by atoms with E-state index in [-0.39, 0.29) is 6.04 Å². The molecule has 1 atom stereocenters. The molecule has 7 nitrogen and oxygen atoms in total. The van der Waals surface area contributed by atoms with E-state index in [1.807, 2.05) is 19.4 Å². The minimum atomic E-state index is 0.208. The van der Waals surface area contributed by atoms with Gasteiger partial charge in [0.25, 0.3) is 0 Å². The molecule has 1 N–H and O–H groups in total. The molecule has 0 aromatic carbocycles. The summed E-state index contributed by atoms with van der Waals surface area (Å²) in [5.41, 5.74) is 1.18. The van der Waals surface area contributed by atoms with Crippen molar-refractivity contribution in [3.63, 3.8) is 0 Å². The lowest BCUT2D eigenvalue weighted by atomic mass is 10.2. The molecule has 7 heteroatoms. The zero-order chi connectivity index (χ0) is 13.9. The van der Waals surface area contributed by atoms with Crippen LogP contribution in [0.15, 0.2) is 16.9 Å². The molecular formula is C13H20N6O. The highest BCUT2D eigenvalue weighted by atomic mass is 16.5. The van der Waals surface area contributed by atoms with Crippen LogP contribution in [0.5, 0.6) is 0 Å². The first-order valence-electron chi connectivity index (χ1n) is 6.93. The molecule has 0 bridgehead atoms. The zero-order valence-electron chi connectivity index (χ0n) is 11.9. The largest absolute Gasteiger partial charge is 0.339 e. The number of aromatic nitrogens is 4. The van der Waals surface area contributed by atoms with Gasteiger partial charge in [0.15, 0.2) is 5.82 Å². The molecule has 1 aliphatic rings. The van der Waals surface area contributed by atoms with E-state index in [1.54, 1.807) is 4.68 Å². The summed E-state index contributed by atoms with van der Waals surface area (Å²) < 4.78 is 7.15. The standard InChI is InChI=1S/C13H20N6O/c1-18-6-5-14-8-11(18)13-16-12(20-17-13)4-3-10-7-15-19(2)9-10/h7,9,11,14H,3-6,8H2,1-2H3. The molecule has 3 rings (SSSR count). The van der Waals surface area contributed by atoms with Gasteiger partial charge in [0.1, 0.15) is 0 Å². The highest BCUT2D eigenvalue weighted by Gasteiger charge is 2.25. The molecule has 2 aromatic heterocycles. The molecule has 0 radical (unpaired) electrons. The molecule has 1 aliphatic heterocycles. The number of hydrogen-bond donors (Lipinski definition) is 1. The third-order valence-corrected chi connectivity index (χ3v) is 3.68. The lowest BCUT2D eigenvalue weighted by Gasteiger charge is -2.30. The van der Waals surface area contributed by atoms with Crippen LogP contribution in [0, 0.1) is 0 Å². The second kappa shape index (κ2) is 5.72. The smallest absolute Gasteiger partial charge is 0.227 e. The van der Waals surface area contributed by atoms with Gasteiger partial charge in [-0.3, -0.25) is 9.58 Å². The Balaban J connectivity index is 1.61. The highest BCUT2D eigenvalue weighted by Crippen LogP contribution is 2.18. The van der Waals surface area contributed by atoms with Gasteiger partial charge in [-0.1, -0.05) is 5.16 Å². The number of piperazine rings is 1. The summed E-state index contributed by atoms with van der Waals surface area (Å²) in [5.74, 6) is 1.48. The number of likely N-dealkylation sites (N-methyl/N-ethyl adjacent to an activating group) is 1. The Morgan fingerprint density at radius 2 is 2.30 bits per heavy atom. The third-order valence-electron chi connectivity index (χ3n) is 3.68. The zero-order valence-corrected chi connectivity index (χ0v) is 11.9. The van der Waals surface area contributed by atoms with Crippen LogP contribution in [0.3, 0.4) is 0 Å². The first kappa shape index (κ1) is 13.3. The van der Waals surface area contributed by atoms with Crippen LogP contribution in [-0.2, 0) is 19.9 Å². The summed E-state index contributed by atoms with van der Waals surface area (Å²) in [6.07, 6.45) is 5.50. The van der Waals surface area contributed by atoms with Gasteiger partial charge in [0.2, 0.25) is 5.89 Å². The van der Waals surface area contributed by atoms with Crippen molar-refractivity contribution in [1.82, 2.24) is 30.1 Å². The predicted octanol–water partition coefficient (Wildman–Crippen LogP) is 0.164. The van der Waals surface area contributed by atoms with E-state index in [0.717, 1.165) is 38.3 Å². The van der Waals surface area contributed by atoms with Crippen LogP contribution in [-0.4, -0.2) is 51.5 Å². The van der Waals surface area contributed by atoms with Crippen LogP contribution in [0.1, 0.15) is 23.3 Å². The molecule has 1 unspecified atom stereocenters. The van der Waals surface area contributed by atoms with Crippen LogP contribution >= 0.6 is 0 Å². The van der Waals surface area contributed by atoms with Gasteiger partial charge in [-0.25, -0.2) is 0 Å². The van der Waals surface area contributed by atoms with E-state index < -0.39 is 0 Å². The van der Waals surface area contributed by atoms with Gasteiger partial charge in [0, 0.05) is 39.3 Å². The van der Waals surface area contributed by atoms with Gasteiger partial charge in [-0.05, 0) is 19.0 Å². The molecule has 0 aliphatic carbocycles. The summed E-state index contributed by atoms with van der Waals surface area (Å²) >= 11 is 0. The second-order valence-electron chi connectivity index (χ2n) is 5.27. The summed E-state index contributed by atoms with van der Waals surface area (Å²) in [7, 11) is 4.01. The second-order valence-corrected chi connectivity index (χ2v) is 5.27. The van der Waals surface area contributed by atoms with Crippen molar-refractivity contribution in [1.29, 1.82) is 0 Å². The minimum Gasteiger partial charge on any atom is -0.339 e. The first-order valence-corrected chi connectivity index (χ1v) is 6.93. The maximum atomic E-state index is 5.35. The fourth-order valence-corrected chi connectivity index (χ4v) is 2.45. The topological polar surface area (TPSA) is 72.0 Å². The SMILES string of the molecule is CN1CCNCC1c1noc(CCc2cnn(C)c2)n1. The molecule has 1 fully saturated rings. The van der Waals surface area contributed by atoms with Crippen LogP contribution in [0.4, 0.5) is 0 Å². The average molecular weight is 276 g/mol. The third kappa shape index (κ3) is 2.88. The Labute approximate surface area is 118 Å². The molecule has 3 heterocycles. The highest BCUT2D eigenvalue weighted by molar-refractivity contribution is 5.06. The lowest BCUT2D eigenvalue weighted by molar-refractivity contribution is 0.190. The summed E-state index contributed by atoms with van der Waals surface area (Å²) in [6, 6.07) is 0.208. The maximum Gasteiger partial charge on any atom is 0.227 e. The van der Waals surface area contributed by atoms with E-state index in [4.69, 9.17) is 4.52 Å². The van der Waals surface area contributed by atoms with Crippen molar-refractivity contribution in [2.24, 2.45) is 7.05 Å². The Bertz CT molecular complexity index is 563. The number of nitrogens with zero attached hydrogens (tertiary/aromatic N) is 5. The molecule has 0 saturated carbocycles. The summed E-state index contributed by atoms with van der Waals surface area (Å²) in [5, 5.41) is 11.6. The van der Waals surface area contributed by atoms with Gasteiger partial charge >= 0.3 is 0 Å². The van der Waals surface area contributed by atoms with Crippen LogP contribution in [0.25, 0.3) is 0 Å². The van der Waals surface area contributed by atoms with E-state index >= 15 is 0 Å². The fraction of sp³-hybridized carbons (Fsp3) is 0.615. The van der Waals surface area contributed by atoms with E-state index in [9.17, 15) is 0 Å². The quantitative estimate of drug-likeness (QED) is 0.858. The number of aryl methyl sites for hydroxylation is 3. The number of rotatable bonds is 4. The van der Waals surface area contributed by atoms with E-state index in [0.29, 0.717) is 5.89 Å².